The Bertz CT molecular complexity index is 1250. The summed E-state index contributed by atoms with van der Waals surface area (Å²) in [7, 11) is 0.0239. The topological polar surface area (TPSA) is 136 Å². The molecular formula is C29H41N3O6S. The Morgan fingerprint density at radius 1 is 1.10 bits per heavy atom. The standard InChI is InChI=1S/C29H41N3O6S/c1-5-7-13-29(6-2)19-39(37,38)25-14-21(18-30-22(15-26(33)34)16-27(35)36)24(32(3)4)17-23(25)28(31-29)20-11-9-8-10-12-20/h8-12,14,17,22,28,30-31H,5-7,13,15-16,18-19H2,1-4H3,(H,33,34)(H,35,36)/t28-,29-/m1/s1. The number of nitrogens with one attached hydrogen (secondary N) is 2. The van der Waals surface area contributed by atoms with Crippen LogP contribution in [0.1, 0.15) is 75.1 Å². The van der Waals surface area contributed by atoms with Crippen molar-refractivity contribution < 1.29 is 28.2 Å². The maximum atomic E-state index is 14.0. The molecule has 1 aliphatic heterocycles. The molecule has 0 aromatic heterocycles. The SMILES string of the molecule is CCCC[C@]1(CC)CS(=O)(=O)c2cc(CNC(CC(=O)O)CC(=O)O)c(N(C)C)cc2[C@@H](c2ccccc2)N1. The predicted octanol–water partition coefficient (Wildman–Crippen LogP) is 3.97. The maximum Gasteiger partial charge on any atom is 0.304 e. The summed E-state index contributed by atoms with van der Waals surface area (Å²) in [5.74, 6) is -2.24. The largest absolute Gasteiger partial charge is 0.481 e. The zero-order chi connectivity index (χ0) is 28.8. The summed E-state index contributed by atoms with van der Waals surface area (Å²) < 4.78 is 28.1. The highest BCUT2D eigenvalue weighted by atomic mass is 32.2. The Morgan fingerprint density at radius 3 is 2.28 bits per heavy atom. The third-order valence-corrected chi connectivity index (χ3v) is 9.45. The van der Waals surface area contributed by atoms with Gasteiger partial charge >= 0.3 is 11.9 Å². The maximum absolute atomic E-state index is 14.0. The van der Waals surface area contributed by atoms with E-state index in [1.54, 1.807) is 6.07 Å². The summed E-state index contributed by atoms with van der Waals surface area (Å²) in [5, 5.41) is 25.3. The predicted molar refractivity (Wildman–Crippen MR) is 152 cm³/mol. The van der Waals surface area contributed by atoms with Gasteiger partial charge in [0.2, 0.25) is 0 Å². The summed E-state index contributed by atoms with van der Waals surface area (Å²) in [4.78, 5) is 24.7. The van der Waals surface area contributed by atoms with Crippen LogP contribution in [0.5, 0.6) is 0 Å². The van der Waals surface area contributed by atoms with Gasteiger partial charge in [0, 0.05) is 37.9 Å². The molecule has 10 heteroatoms. The molecule has 2 aromatic carbocycles. The van der Waals surface area contributed by atoms with Crippen molar-refractivity contribution >= 4 is 27.5 Å². The first kappa shape index (κ1) is 30.6. The van der Waals surface area contributed by atoms with E-state index < -0.39 is 33.4 Å². The van der Waals surface area contributed by atoms with E-state index in [2.05, 4.69) is 17.6 Å². The van der Waals surface area contributed by atoms with Gasteiger partial charge in [0.15, 0.2) is 9.84 Å². The minimum Gasteiger partial charge on any atom is -0.481 e. The number of hydrogen-bond donors (Lipinski definition) is 4. The Balaban J connectivity index is 2.16. The van der Waals surface area contributed by atoms with Crippen LogP contribution in [-0.4, -0.2) is 62.0 Å². The van der Waals surface area contributed by atoms with Gasteiger partial charge in [-0.3, -0.25) is 14.9 Å². The van der Waals surface area contributed by atoms with Crippen LogP contribution >= 0.6 is 0 Å². The average molecular weight is 560 g/mol. The lowest BCUT2D eigenvalue weighted by Gasteiger charge is -2.36. The summed E-state index contributed by atoms with van der Waals surface area (Å²) in [6.07, 6.45) is 2.54. The van der Waals surface area contributed by atoms with Crippen LogP contribution in [0.3, 0.4) is 0 Å². The van der Waals surface area contributed by atoms with E-state index in [0.29, 0.717) is 17.5 Å². The number of benzene rings is 2. The van der Waals surface area contributed by atoms with Crippen molar-refractivity contribution in [1.29, 1.82) is 0 Å². The molecule has 214 valence electrons. The fraction of sp³-hybridized carbons (Fsp3) is 0.517. The lowest BCUT2D eigenvalue weighted by molar-refractivity contribution is -0.139. The second-order valence-electron chi connectivity index (χ2n) is 10.7. The van der Waals surface area contributed by atoms with Crippen LogP contribution in [-0.2, 0) is 26.0 Å². The van der Waals surface area contributed by atoms with Crippen LogP contribution < -0.4 is 15.5 Å². The molecule has 4 N–H and O–H groups in total. The van der Waals surface area contributed by atoms with Gasteiger partial charge in [0.05, 0.1) is 29.5 Å². The van der Waals surface area contributed by atoms with Crippen LogP contribution in [0, 0.1) is 0 Å². The lowest BCUT2D eigenvalue weighted by atomic mass is 9.87. The number of carboxylic acid groups (broad SMARTS) is 2. The van der Waals surface area contributed by atoms with Crippen LogP contribution in [0.25, 0.3) is 0 Å². The minimum absolute atomic E-state index is 0.0261. The van der Waals surface area contributed by atoms with Gasteiger partial charge in [-0.25, -0.2) is 8.42 Å². The van der Waals surface area contributed by atoms with Gasteiger partial charge in [-0.2, -0.15) is 0 Å². The van der Waals surface area contributed by atoms with E-state index in [1.807, 2.05) is 62.3 Å². The highest BCUT2D eigenvalue weighted by molar-refractivity contribution is 7.91. The lowest BCUT2D eigenvalue weighted by Crippen LogP contribution is -2.50. The monoisotopic (exact) mass is 559 g/mol. The second kappa shape index (κ2) is 12.9. The average Bonchev–Trinajstić information content (AvgIpc) is 2.97. The smallest absolute Gasteiger partial charge is 0.304 e. The molecule has 0 bridgehead atoms. The van der Waals surface area contributed by atoms with Crippen molar-refractivity contribution in [2.75, 3.05) is 24.7 Å². The van der Waals surface area contributed by atoms with Crippen LogP contribution in [0.2, 0.25) is 0 Å². The minimum atomic E-state index is -3.71. The summed E-state index contributed by atoms with van der Waals surface area (Å²) in [5.41, 5.74) is 2.49. The van der Waals surface area contributed by atoms with Crippen molar-refractivity contribution in [2.45, 2.75) is 81.4 Å². The number of hydrogen-bond acceptors (Lipinski definition) is 7. The molecule has 1 heterocycles. The molecule has 39 heavy (non-hydrogen) atoms. The number of sulfone groups is 1. The van der Waals surface area contributed by atoms with E-state index in [-0.39, 0.29) is 36.1 Å². The molecule has 0 saturated carbocycles. The first-order valence-corrected chi connectivity index (χ1v) is 15.1. The summed E-state index contributed by atoms with van der Waals surface area (Å²) in [6, 6.07) is 12.3. The molecule has 0 radical (unpaired) electrons. The first-order chi connectivity index (χ1) is 18.4. The highest BCUT2D eigenvalue weighted by Gasteiger charge is 2.42. The highest BCUT2D eigenvalue weighted by Crippen LogP contribution is 2.40. The second-order valence-corrected chi connectivity index (χ2v) is 12.6. The van der Waals surface area contributed by atoms with E-state index >= 15 is 0 Å². The van der Waals surface area contributed by atoms with Crippen LogP contribution in [0.15, 0.2) is 47.4 Å². The van der Waals surface area contributed by atoms with Gasteiger partial charge < -0.3 is 20.4 Å². The molecule has 9 nitrogen and oxygen atoms in total. The molecule has 0 aliphatic carbocycles. The molecule has 3 rings (SSSR count). The Hall–Kier alpha value is -2.95. The molecule has 0 unspecified atom stereocenters. The molecule has 0 saturated heterocycles. The van der Waals surface area contributed by atoms with Crippen molar-refractivity contribution in [1.82, 2.24) is 10.6 Å². The van der Waals surface area contributed by atoms with E-state index in [9.17, 15) is 28.2 Å². The zero-order valence-corrected chi connectivity index (χ0v) is 24.1. The Morgan fingerprint density at radius 2 is 1.74 bits per heavy atom. The van der Waals surface area contributed by atoms with Crippen molar-refractivity contribution in [2.24, 2.45) is 0 Å². The van der Waals surface area contributed by atoms with Crippen LogP contribution in [0.4, 0.5) is 5.69 Å². The van der Waals surface area contributed by atoms with Gasteiger partial charge in [0.25, 0.3) is 0 Å². The number of rotatable bonds is 13. The number of unbranched alkanes of at least 4 members (excludes halogenated alkanes) is 1. The van der Waals surface area contributed by atoms with Gasteiger partial charge in [0.1, 0.15) is 0 Å². The number of anilines is 1. The molecule has 2 atom stereocenters. The molecule has 0 fully saturated rings. The van der Waals surface area contributed by atoms with Gasteiger partial charge in [-0.15, -0.1) is 0 Å². The third kappa shape index (κ3) is 7.58. The Kier molecular flexibility index (Phi) is 10.1. The van der Waals surface area contributed by atoms with Gasteiger partial charge in [-0.05, 0) is 41.7 Å². The van der Waals surface area contributed by atoms with E-state index in [1.165, 1.54) is 0 Å². The summed E-state index contributed by atoms with van der Waals surface area (Å²) >= 11 is 0. The van der Waals surface area contributed by atoms with Crippen molar-refractivity contribution in [3.8, 4) is 0 Å². The third-order valence-electron chi connectivity index (χ3n) is 7.50. The normalized spacial score (nSPS) is 20.3. The number of nitrogens with zero attached hydrogens (tertiary/aromatic N) is 1. The number of fused-ring (bicyclic) bond motifs is 1. The quantitative estimate of drug-likeness (QED) is 0.287. The number of carbonyl (C=O) groups is 2. The molecule has 2 aromatic rings. The van der Waals surface area contributed by atoms with Gasteiger partial charge in [-0.1, -0.05) is 57.0 Å². The zero-order valence-electron chi connectivity index (χ0n) is 23.2. The number of aliphatic carboxylic acids is 2. The van der Waals surface area contributed by atoms with Crippen molar-refractivity contribution in [3.05, 3.63) is 59.2 Å². The molecule has 0 spiro atoms. The molecule has 1 aliphatic rings. The fourth-order valence-electron chi connectivity index (χ4n) is 5.39. The number of carboxylic acids is 2. The first-order valence-electron chi connectivity index (χ1n) is 13.5. The fourth-order valence-corrected chi connectivity index (χ4v) is 7.56. The van der Waals surface area contributed by atoms with E-state index in [4.69, 9.17) is 0 Å². The van der Waals surface area contributed by atoms with Crippen molar-refractivity contribution in [3.63, 3.8) is 0 Å². The summed E-state index contributed by atoms with van der Waals surface area (Å²) in [6.45, 7) is 4.25. The molecule has 0 amide bonds. The van der Waals surface area contributed by atoms with E-state index in [0.717, 1.165) is 30.5 Å². The Labute approximate surface area is 231 Å². The molecular weight excluding hydrogens is 518 g/mol.